The molecular formula is C12H15ClFNO2. The number of carboxylic acid groups (broad SMARTS) is 1. The zero-order valence-electron chi connectivity index (χ0n) is 9.62. The molecule has 1 aromatic rings. The summed E-state index contributed by atoms with van der Waals surface area (Å²) in [5.41, 5.74) is 0.680. The molecule has 0 unspecified atom stereocenters. The molecule has 0 saturated carbocycles. The molecule has 0 aliphatic carbocycles. The van der Waals surface area contributed by atoms with Crippen molar-refractivity contribution >= 4 is 17.6 Å². The summed E-state index contributed by atoms with van der Waals surface area (Å²) in [7, 11) is 0. The first kappa shape index (κ1) is 13.9. The van der Waals surface area contributed by atoms with Crippen LogP contribution in [0.15, 0.2) is 18.2 Å². The van der Waals surface area contributed by atoms with Crippen molar-refractivity contribution in [3.05, 3.63) is 34.6 Å². The van der Waals surface area contributed by atoms with E-state index >= 15 is 0 Å². The fourth-order valence-electron chi connectivity index (χ4n) is 1.51. The first-order valence-corrected chi connectivity index (χ1v) is 5.79. The lowest BCUT2D eigenvalue weighted by Gasteiger charge is -2.20. The van der Waals surface area contributed by atoms with E-state index in [1.165, 1.54) is 6.07 Å². The molecule has 0 heterocycles. The van der Waals surface area contributed by atoms with E-state index < -0.39 is 11.8 Å². The highest BCUT2D eigenvalue weighted by Crippen LogP contribution is 2.21. The normalized spacial score (nSPS) is 10.8. The standard InChI is InChI=1S/C12H15ClFNO2/c1-2-15(7-6-11(16)17)8-9-4-3-5-10(14)12(9)13/h3-5H,2,6-8H2,1H3,(H,16,17). The third-order valence-electron chi connectivity index (χ3n) is 2.51. The Morgan fingerprint density at radius 1 is 1.53 bits per heavy atom. The molecule has 3 nitrogen and oxygen atoms in total. The van der Waals surface area contributed by atoms with E-state index in [2.05, 4.69) is 0 Å². The summed E-state index contributed by atoms with van der Waals surface area (Å²) in [4.78, 5) is 12.4. The van der Waals surface area contributed by atoms with Gasteiger partial charge in [-0.15, -0.1) is 0 Å². The van der Waals surface area contributed by atoms with E-state index in [-0.39, 0.29) is 11.4 Å². The number of nitrogens with zero attached hydrogens (tertiary/aromatic N) is 1. The summed E-state index contributed by atoms with van der Waals surface area (Å²) >= 11 is 5.84. The fraction of sp³-hybridized carbons (Fsp3) is 0.417. The monoisotopic (exact) mass is 259 g/mol. The van der Waals surface area contributed by atoms with Crippen molar-refractivity contribution in [3.63, 3.8) is 0 Å². The van der Waals surface area contributed by atoms with Gasteiger partial charge < -0.3 is 5.11 Å². The maximum Gasteiger partial charge on any atom is 0.304 e. The summed E-state index contributed by atoms with van der Waals surface area (Å²) in [6.45, 7) is 3.51. The van der Waals surface area contributed by atoms with Gasteiger partial charge in [-0.3, -0.25) is 9.69 Å². The molecule has 5 heteroatoms. The second kappa shape index (κ2) is 6.57. The van der Waals surface area contributed by atoms with Crippen molar-refractivity contribution in [3.8, 4) is 0 Å². The maximum absolute atomic E-state index is 13.2. The van der Waals surface area contributed by atoms with E-state index in [0.29, 0.717) is 25.2 Å². The molecule has 17 heavy (non-hydrogen) atoms. The molecule has 0 aromatic heterocycles. The third-order valence-corrected chi connectivity index (χ3v) is 2.94. The maximum atomic E-state index is 13.2. The Morgan fingerprint density at radius 3 is 2.82 bits per heavy atom. The molecule has 1 aromatic carbocycles. The molecule has 94 valence electrons. The quantitative estimate of drug-likeness (QED) is 0.854. The van der Waals surface area contributed by atoms with Crippen molar-refractivity contribution in [2.45, 2.75) is 19.9 Å². The first-order chi connectivity index (χ1) is 8.04. The van der Waals surface area contributed by atoms with Gasteiger partial charge in [-0.25, -0.2) is 4.39 Å². The SMILES string of the molecule is CCN(CCC(=O)O)Cc1cccc(F)c1Cl. The second-order valence-electron chi connectivity index (χ2n) is 3.73. The number of carbonyl (C=O) groups is 1. The number of carboxylic acids is 1. The van der Waals surface area contributed by atoms with Gasteiger partial charge in [-0.2, -0.15) is 0 Å². The van der Waals surface area contributed by atoms with Crippen LogP contribution >= 0.6 is 11.6 Å². The lowest BCUT2D eigenvalue weighted by Crippen LogP contribution is -2.25. The molecule has 0 aliphatic rings. The average molecular weight is 260 g/mol. The Bertz CT molecular complexity index is 398. The van der Waals surface area contributed by atoms with E-state index in [4.69, 9.17) is 16.7 Å². The number of halogens is 2. The van der Waals surface area contributed by atoms with Gasteiger partial charge in [0.15, 0.2) is 0 Å². The minimum absolute atomic E-state index is 0.0702. The molecule has 0 spiro atoms. The summed E-state index contributed by atoms with van der Waals surface area (Å²) < 4.78 is 13.2. The lowest BCUT2D eigenvalue weighted by atomic mass is 10.2. The summed E-state index contributed by atoms with van der Waals surface area (Å²) in [5.74, 6) is -1.28. The smallest absolute Gasteiger partial charge is 0.304 e. The Kier molecular flexibility index (Phi) is 5.38. The van der Waals surface area contributed by atoms with Crippen LogP contribution in [-0.4, -0.2) is 29.1 Å². The number of rotatable bonds is 6. The van der Waals surface area contributed by atoms with E-state index in [1.54, 1.807) is 12.1 Å². The zero-order chi connectivity index (χ0) is 12.8. The molecule has 0 atom stereocenters. The molecule has 0 radical (unpaired) electrons. The topological polar surface area (TPSA) is 40.5 Å². The molecule has 0 bridgehead atoms. The molecule has 0 saturated heterocycles. The molecule has 0 fully saturated rings. The van der Waals surface area contributed by atoms with Gasteiger partial charge >= 0.3 is 5.97 Å². The van der Waals surface area contributed by atoms with Gasteiger partial charge in [0.1, 0.15) is 5.82 Å². The van der Waals surface area contributed by atoms with Crippen LogP contribution < -0.4 is 0 Å². The summed E-state index contributed by atoms with van der Waals surface area (Å²) in [5, 5.41) is 8.72. The average Bonchev–Trinajstić information content (AvgIpc) is 2.29. The van der Waals surface area contributed by atoms with Crippen molar-refractivity contribution in [1.29, 1.82) is 0 Å². The van der Waals surface area contributed by atoms with Gasteiger partial charge in [0, 0.05) is 13.1 Å². The number of hydrogen-bond acceptors (Lipinski definition) is 2. The lowest BCUT2D eigenvalue weighted by molar-refractivity contribution is -0.137. The Morgan fingerprint density at radius 2 is 2.24 bits per heavy atom. The predicted molar refractivity (Wildman–Crippen MR) is 64.6 cm³/mol. The summed E-state index contributed by atoms with van der Waals surface area (Å²) in [6.07, 6.45) is 0.0702. The van der Waals surface area contributed by atoms with Crippen LogP contribution in [0.25, 0.3) is 0 Å². The fourth-order valence-corrected chi connectivity index (χ4v) is 1.70. The molecule has 1 N–H and O–H groups in total. The minimum atomic E-state index is -0.839. The highest BCUT2D eigenvalue weighted by molar-refractivity contribution is 6.31. The van der Waals surface area contributed by atoms with Crippen LogP contribution in [0.4, 0.5) is 4.39 Å². The van der Waals surface area contributed by atoms with Crippen LogP contribution in [0.5, 0.6) is 0 Å². The molecular weight excluding hydrogens is 245 g/mol. The highest BCUT2D eigenvalue weighted by atomic mass is 35.5. The molecule has 0 amide bonds. The van der Waals surface area contributed by atoms with Gasteiger partial charge in [-0.05, 0) is 18.2 Å². The van der Waals surface area contributed by atoms with Crippen molar-refractivity contribution in [2.75, 3.05) is 13.1 Å². The van der Waals surface area contributed by atoms with E-state index in [0.717, 1.165) is 0 Å². The molecule has 0 aliphatic heterocycles. The third kappa shape index (κ3) is 4.32. The Hall–Kier alpha value is -1.13. The summed E-state index contributed by atoms with van der Waals surface area (Å²) in [6, 6.07) is 4.65. The van der Waals surface area contributed by atoms with Crippen LogP contribution in [0.2, 0.25) is 5.02 Å². The van der Waals surface area contributed by atoms with Crippen LogP contribution in [0.3, 0.4) is 0 Å². The largest absolute Gasteiger partial charge is 0.481 e. The van der Waals surface area contributed by atoms with Crippen molar-refractivity contribution in [2.24, 2.45) is 0 Å². The van der Waals surface area contributed by atoms with Crippen LogP contribution in [-0.2, 0) is 11.3 Å². The van der Waals surface area contributed by atoms with Crippen LogP contribution in [0.1, 0.15) is 18.9 Å². The first-order valence-electron chi connectivity index (χ1n) is 5.41. The van der Waals surface area contributed by atoms with Gasteiger partial charge in [0.2, 0.25) is 0 Å². The Balaban J connectivity index is 2.67. The number of hydrogen-bond donors (Lipinski definition) is 1. The number of aliphatic carboxylic acids is 1. The predicted octanol–water partition coefficient (Wildman–Crippen LogP) is 2.78. The number of benzene rings is 1. The Labute approximate surface area is 105 Å². The molecule has 1 rings (SSSR count). The van der Waals surface area contributed by atoms with Gasteiger partial charge in [0.25, 0.3) is 0 Å². The van der Waals surface area contributed by atoms with E-state index in [1.807, 2.05) is 11.8 Å². The van der Waals surface area contributed by atoms with Crippen LogP contribution in [0, 0.1) is 5.82 Å². The van der Waals surface area contributed by atoms with Gasteiger partial charge in [-0.1, -0.05) is 30.7 Å². The van der Waals surface area contributed by atoms with Gasteiger partial charge in [0.05, 0.1) is 11.4 Å². The zero-order valence-corrected chi connectivity index (χ0v) is 10.4. The second-order valence-corrected chi connectivity index (χ2v) is 4.10. The van der Waals surface area contributed by atoms with E-state index in [9.17, 15) is 9.18 Å². The van der Waals surface area contributed by atoms with Crippen molar-refractivity contribution < 1.29 is 14.3 Å². The minimum Gasteiger partial charge on any atom is -0.481 e. The van der Waals surface area contributed by atoms with Crippen molar-refractivity contribution in [1.82, 2.24) is 4.90 Å². The highest BCUT2D eigenvalue weighted by Gasteiger charge is 2.10.